The summed E-state index contributed by atoms with van der Waals surface area (Å²) in [6.07, 6.45) is 2.75. The number of rotatable bonds is 4. The highest BCUT2D eigenvalue weighted by atomic mass is 16.5. The Hall–Kier alpha value is -2.41. The van der Waals surface area contributed by atoms with Gasteiger partial charge in [-0.3, -0.25) is 4.79 Å². The van der Waals surface area contributed by atoms with Gasteiger partial charge in [0.25, 0.3) is 0 Å². The quantitative estimate of drug-likeness (QED) is 0.821. The van der Waals surface area contributed by atoms with Crippen molar-refractivity contribution in [2.24, 2.45) is 0 Å². The summed E-state index contributed by atoms with van der Waals surface area (Å²) in [5.74, 6) is 3.35. The molecule has 144 valence electrons. The van der Waals surface area contributed by atoms with Gasteiger partial charge in [-0.05, 0) is 44.1 Å². The second-order valence-corrected chi connectivity index (χ2v) is 7.57. The number of carbonyl (C=O) groups is 1. The summed E-state index contributed by atoms with van der Waals surface area (Å²) in [7, 11) is 3.80. The minimum absolute atomic E-state index is 0.122. The molecule has 1 amide bonds. The highest BCUT2D eigenvalue weighted by molar-refractivity contribution is 5.79. The molecule has 3 heterocycles. The van der Waals surface area contributed by atoms with Crippen molar-refractivity contribution < 1.29 is 9.53 Å². The summed E-state index contributed by atoms with van der Waals surface area (Å²) in [5.41, 5.74) is 0.970. The second-order valence-electron chi connectivity index (χ2n) is 7.57. The van der Waals surface area contributed by atoms with Gasteiger partial charge in [0.2, 0.25) is 5.91 Å². The average molecular weight is 369 g/mol. The Morgan fingerprint density at radius 2 is 2.15 bits per heavy atom. The van der Waals surface area contributed by atoms with E-state index in [2.05, 4.69) is 26.7 Å². The van der Waals surface area contributed by atoms with Crippen molar-refractivity contribution in [3.05, 3.63) is 41.5 Å². The van der Waals surface area contributed by atoms with E-state index in [1.165, 1.54) is 12.8 Å². The van der Waals surface area contributed by atoms with Crippen LogP contribution in [0.1, 0.15) is 36.0 Å². The number of methoxy groups -OCH3 is 1. The predicted octanol–water partition coefficient (Wildman–Crippen LogP) is 1.68. The monoisotopic (exact) mass is 369 g/mol. The Balaban J connectivity index is 1.43. The van der Waals surface area contributed by atoms with E-state index in [4.69, 9.17) is 4.74 Å². The molecule has 7 nitrogen and oxygen atoms in total. The number of carbonyl (C=O) groups excluding carboxylic acids is 1. The van der Waals surface area contributed by atoms with Crippen LogP contribution in [0.4, 0.5) is 0 Å². The van der Waals surface area contributed by atoms with Gasteiger partial charge in [0.05, 0.1) is 20.1 Å². The van der Waals surface area contributed by atoms with Gasteiger partial charge >= 0.3 is 0 Å². The first kappa shape index (κ1) is 18.0. The molecule has 27 heavy (non-hydrogen) atoms. The van der Waals surface area contributed by atoms with E-state index >= 15 is 0 Å². The van der Waals surface area contributed by atoms with Crippen molar-refractivity contribution in [3.8, 4) is 5.75 Å². The smallest absolute Gasteiger partial charge is 0.227 e. The van der Waals surface area contributed by atoms with Crippen LogP contribution in [0.5, 0.6) is 5.75 Å². The maximum Gasteiger partial charge on any atom is 0.227 e. The molecule has 7 heteroatoms. The molecule has 2 aliphatic rings. The van der Waals surface area contributed by atoms with Crippen LogP contribution in [0.3, 0.4) is 0 Å². The molecule has 0 N–H and O–H groups in total. The summed E-state index contributed by atoms with van der Waals surface area (Å²) < 4.78 is 7.48. The molecule has 0 aliphatic carbocycles. The third-order valence-electron chi connectivity index (χ3n) is 5.61. The zero-order chi connectivity index (χ0) is 18.8. The molecule has 0 bridgehead atoms. The van der Waals surface area contributed by atoms with Gasteiger partial charge in [-0.1, -0.05) is 12.1 Å². The van der Waals surface area contributed by atoms with Crippen molar-refractivity contribution in [2.75, 3.05) is 33.8 Å². The predicted molar refractivity (Wildman–Crippen MR) is 102 cm³/mol. The summed E-state index contributed by atoms with van der Waals surface area (Å²) in [4.78, 5) is 17.0. The van der Waals surface area contributed by atoms with E-state index in [0.717, 1.165) is 42.6 Å². The number of aromatic nitrogens is 3. The number of likely N-dealkylation sites (tertiary alicyclic amines) is 1. The van der Waals surface area contributed by atoms with Gasteiger partial charge in [-0.2, -0.15) is 0 Å². The highest BCUT2D eigenvalue weighted by Gasteiger charge is 2.29. The van der Waals surface area contributed by atoms with E-state index in [1.807, 2.05) is 29.2 Å². The molecule has 1 aromatic carbocycles. The molecular weight excluding hydrogens is 342 g/mol. The van der Waals surface area contributed by atoms with Gasteiger partial charge in [0, 0.05) is 25.6 Å². The first-order valence-corrected chi connectivity index (χ1v) is 9.65. The third kappa shape index (κ3) is 3.83. The first-order chi connectivity index (χ1) is 13.1. The fourth-order valence-electron chi connectivity index (χ4n) is 4.14. The molecule has 0 saturated carbocycles. The van der Waals surface area contributed by atoms with Crippen LogP contribution in [-0.2, 0) is 24.3 Å². The Bertz CT molecular complexity index is 818. The zero-order valence-corrected chi connectivity index (χ0v) is 16.1. The third-order valence-corrected chi connectivity index (χ3v) is 5.61. The lowest BCUT2D eigenvalue weighted by molar-refractivity contribution is -0.132. The van der Waals surface area contributed by atoms with Crippen LogP contribution in [0.15, 0.2) is 24.3 Å². The maximum absolute atomic E-state index is 12.7. The number of fused-ring (bicyclic) bond motifs is 1. The Labute approximate surface area is 159 Å². The summed E-state index contributed by atoms with van der Waals surface area (Å²) in [6.45, 7) is 4.23. The van der Waals surface area contributed by atoms with Crippen LogP contribution >= 0.6 is 0 Å². The number of nitrogens with zero attached hydrogens (tertiary/aromatic N) is 5. The van der Waals surface area contributed by atoms with E-state index in [0.29, 0.717) is 25.4 Å². The van der Waals surface area contributed by atoms with Gasteiger partial charge < -0.3 is 19.1 Å². The average Bonchev–Trinajstić information content (AvgIpc) is 3.11. The molecule has 4 rings (SSSR count). The van der Waals surface area contributed by atoms with Crippen LogP contribution in [0, 0.1) is 0 Å². The van der Waals surface area contributed by atoms with E-state index in [-0.39, 0.29) is 5.91 Å². The fraction of sp³-hybridized carbons (Fsp3) is 0.550. The van der Waals surface area contributed by atoms with Crippen LogP contribution in [0.25, 0.3) is 0 Å². The maximum atomic E-state index is 12.7. The molecule has 1 fully saturated rings. The zero-order valence-electron chi connectivity index (χ0n) is 16.1. The van der Waals surface area contributed by atoms with Gasteiger partial charge in [-0.25, -0.2) is 0 Å². The number of hydrogen-bond acceptors (Lipinski definition) is 5. The lowest BCUT2D eigenvalue weighted by atomic mass is 9.97. The van der Waals surface area contributed by atoms with Crippen molar-refractivity contribution in [1.29, 1.82) is 0 Å². The number of hydrogen-bond donors (Lipinski definition) is 0. The number of benzene rings is 1. The lowest BCUT2D eigenvalue weighted by Crippen LogP contribution is -2.40. The minimum Gasteiger partial charge on any atom is -0.497 e. The Kier molecular flexibility index (Phi) is 5.11. The number of likely N-dealkylation sites (N-methyl/N-ethyl adjacent to an activating group) is 1. The standard InChI is InChI=1S/C20H27N5O2/c1-23-8-4-6-16(13-23)20-22-21-18-14-24(9-10-25(18)20)19(26)12-15-5-3-7-17(11-15)27-2/h3,5,7,11,16H,4,6,8-10,12-14H2,1-2H3/t16-/m0/s1. The number of ether oxygens (including phenoxy) is 1. The Morgan fingerprint density at radius 1 is 1.26 bits per heavy atom. The lowest BCUT2D eigenvalue weighted by Gasteiger charge is -2.32. The van der Waals surface area contributed by atoms with Gasteiger partial charge in [0.1, 0.15) is 11.6 Å². The molecule has 1 aromatic heterocycles. The SMILES string of the molecule is COc1cccc(CC(=O)N2CCn3c(nnc3[C@H]3CCCN(C)C3)C2)c1. The molecule has 2 aliphatic heterocycles. The van der Waals surface area contributed by atoms with Gasteiger partial charge in [0.15, 0.2) is 5.82 Å². The van der Waals surface area contributed by atoms with Crippen molar-refractivity contribution in [2.45, 2.75) is 38.3 Å². The Morgan fingerprint density at radius 3 is 2.96 bits per heavy atom. The van der Waals surface area contributed by atoms with Crippen LogP contribution < -0.4 is 4.74 Å². The molecular formula is C20H27N5O2. The largest absolute Gasteiger partial charge is 0.497 e. The van der Waals surface area contributed by atoms with E-state index in [9.17, 15) is 4.79 Å². The number of amides is 1. The van der Waals surface area contributed by atoms with Crippen molar-refractivity contribution >= 4 is 5.91 Å². The van der Waals surface area contributed by atoms with Crippen molar-refractivity contribution in [1.82, 2.24) is 24.6 Å². The fourth-order valence-corrected chi connectivity index (χ4v) is 4.14. The topological polar surface area (TPSA) is 63.5 Å². The molecule has 0 radical (unpaired) electrons. The van der Waals surface area contributed by atoms with E-state index < -0.39 is 0 Å². The number of piperidine rings is 1. The van der Waals surface area contributed by atoms with Crippen molar-refractivity contribution in [3.63, 3.8) is 0 Å². The summed E-state index contributed by atoms with van der Waals surface area (Å²) in [5, 5.41) is 8.89. The second kappa shape index (κ2) is 7.68. The normalized spacial score (nSPS) is 20.4. The summed E-state index contributed by atoms with van der Waals surface area (Å²) in [6, 6.07) is 7.69. The first-order valence-electron chi connectivity index (χ1n) is 9.65. The van der Waals surface area contributed by atoms with Crippen LogP contribution in [-0.4, -0.2) is 64.3 Å². The van der Waals surface area contributed by atoms with Crippen LogP contribution in [0.2, 0.25) is 0 Å². The van der Waals surface area contributed by atoms with E-state index in [1.54, 1.807) is 7.11 Å². The van der Waals surface area contributed by atoms with Gasteiger partial charge in [-0.15, -0.1) is 10.2 Å². The molecule has 2 aromatic rings. The minimum atomic E-state index is 0.122. The molecule has 1 atom stereocenters. The molecule has 0 spiro atoms. The highest BCUT2D eigenvalue weighted by Crippen LogP contribution is 2.27. The molecule has 1 saturated heterocycles. The summed E-state index contributed by atoms with van der Waals surface area (Å²) >= 11 is 0. The molecule has 0 unspecified atom stereocenters.